The zero-order valence-corrected chi connectivity index (χ0v) is 13.7. The highest BCUT2D eigenvalue weighted by molar-refractivity contribution is 8.03. The molecule has 1 aromatic rings. The van der Waals surface area contributed by atoms with Crippen molar-refractivity contribution in [1.82, 2.24) is 0 Å². The number of carbonyl (C=O) groups is 2. The van der Waals surface area contributed by atoms with Crippen LogP contribution < -0.4 is 9.80 Å². The highest BCUT2D eigenvalue weighted by Crippen LogP contribution is 2.46. The van der Waals surface area contributed by atoms with Gasteiger partial charge in [0.25, 0.3) is 0 Å². The van der Waals surface area contributed by atoms with Crippen LogP contribution in [0.25, 0.3) is 0 Å². The molecule has 0 radical (unpaired) electrons. The zero-order chi connectivity index (χ0) is 15.6. The molecule has 0 saturated carbocycles. The Balaban J connectivity index is 2.36. The van der Waals surface area contributed by atoms with Crippen LogP contribution in [0, 0.1) is 0 Å². The fourth-order valence-electron chi connectivity index (χ4n) is 2.31. The maximum absolute atomic E-state index is 11.8. The normalized spacial score (nSPS) is 15.2. The third-order valence-corrected chi connectivity index (χ3v) is 4.48. The Morgan fingerprint density at radius 2 is 2.05 bits per heavy atom. The van der Waals surface area contributed by atoms with E-state index in [1.807, 2.05) is 30.1 Å². The molecule has 0 unspecified atom stereocenters. The van der Waals surface area contributed by atoms with E-state index >= 15 is 0 Å². The van der Waals surface area contributed by atoms with Crippen LogP contribution in [0.2, 0.25) is 0 Å². The molecule has 0 aliphatic carbocycles. The largest absolute Gasteiger partial charge is 0.338 e. The molecule has 0 atom stereocenters. The highest BCUT2D eigenvalue weighted by Gasteiger charge is 2.24. The lowest BCUT2D eigenvalue weighted by molar-refractivity contribution is -0.116. The Kier molecular flexibility index (Phi) is 4.73. The van der Waals surface area contributed by atoms with Crippen LogP contribution in [0.4, 0.5) is 11.4 Å². The van der Waals surface area contributed by atoms with Crippen molar-refractivity contribution in [3.63, 3.8) is 0 Å². The van der Waals surface area contributed by atoms with Crippen molar-refractivity contribution < 1.29 is 9.59 Å². The summed E-state index contributed by atoms with van der Waals surface area (Å²) in [6, 6.07) is 5.99. The summed E-state index contributed by atoms with van der Waals surface area (Å²) in [5.41, 5.74) is 1.94. The van der Waals surface area contributed by atoms with Gasteiger partial charge in [0.2, 0.25) is 5.91 Å². The zero-order valence-electron chi connectivity index (χ0n) is 12.8. The second-order valence-electron chi connectivity index (χ2n) is 5.08. The first-order valence-corrected chi connectivity index (χ1v) is 7.81. The van der Waals surface area contributed by atoms with Gasteiger partial charge in [-0.15, -0.1) is 0 Å². The minimum Gasteiger partial charge on any atom is -0.338 e. The third-order valence-electron chi connectivity index (χ3n) is 3.31. The number of hydrogen-bond acceptors (Lipinski definition) is 4. The molecule has 1 aliphatic heterocycles. The van der Waals surface area contributed by atoms with Gasteiger partial charge in [0.1, 0.15) is 0 Å². The molecule has 1 aliphatic rings. The number of fused-ring (bicyclic) bond motifs is 1. The minimum absolute atomic E-state index is 0.0359. The van der Waals surface area contributed by atoms with Crippen LogP contribution in [-0.4, -0.2) is 25.3 Å². The summed E-state index contributed by atoms with van der Waals surface area (Å²) in [6.07, 6.45) is 2.55. The average Bonchev–Trinajstić information content (AvgIpc) is 2.71. The molecule has 0 saturated heterocycles. The number of rotatable bonds is 4. The lowest BCUT2D eigenvalue weighted by atomic mass is 10.2. The van der Waals surface area contributed by atoms with Gasteiger partial charge < -0.3 is 9.80 Å². The lowest BCUT2D eigenvalue weighted by Gasteiger charge is -2.22. The highest BCUT2D eigenvalue weighted by atomic mass is 32.2. The van der Waals surface area contributed by atoms with E-state index in [9.17, 15) is 9.59 Å². The Hall–Kier alpha value is -1.75. The van der Waals surface area contributed by atoms with Crippen molar-refractivity contribution in [2.24, 2.45) is 0 Å². The number of anilines is 2. The van der Waals surface area contributed by atoms with E-state index in [0.29, 0.717) is 6.54 Å². The molecule has 0 N–H and O–H groups in total. The average molecular weight is 304 g/mol. The summed E-state index contributed by atoms with van der Waals surface area (Å²) >= 11 is 1.58. The van der Waals surface area contributed by atoms with Crippen LogP contribution in [0.1, 0.15) is 27.2 Å². The van der Waals surface area contributed by atoms with Crippen molar-refractivity contribution in [2.75, 3.05) is 23.4 Å². The summed E-state index contributed by atoms with van der Waals surface area (Å²) in [5.74, 6) is 0.0818. The van der Waals surface area contributed by atoms with Gasteiger partial charge in [-0.05, 0) is 31.5 Å². The smallest absolute Gasteiger partial charge is 0.223 e. The second-order valence-corrected chi connectivity index (χ2v) is 6.14. The summed E-state index contributed by atoms with van der Waals surface area (Å²) in [6.45, 7) is 5.90. The predicted molar refractivity (Wildman–Crippen MR) is 87.8 cm³/mol. The molecule has 112 valence electrons. The van der Waals surface area contributed by atoms with Gasteiger partial charge in [0.05, 0.1) is 10.7 Å². The number of carbonyl (C=O) groups excluding carboxylic acids is 2. The predicted octanol–water partition coefficient (Wildman–Crippen LogP) is 3.42. The first kappa shape index (κ1) is 15.6. The number of nitrogens with zero attached hydrogens (tertiary/aromatic N) is 2. The van der Waals surface area contributed by atoms with E-state index < -0.39 is 0 Å². The van der Waals surface area contributed by atoms with Gasteiger partial charge in [0, 0.05) is 37.2 Å². The van der Waals surface area contributed by atoms with Gasteiger partial charge in [-0.2, -0.15) is 0 Å². The molecule has 4 nitrogen and oxygen atoms in total. The van der Waals surface area contributed by atoms with E-state index in [2.05, 4.69) is 6.92 Å². The molecule has 0 bridgehead atoms. The van der Waals surface area contributed by atoms with Crippen molar-refractivity contribution in [1.29, 1.82) is 0 Å². The Morgan fingerprint density at radius 1 is 1.33 bits per heavy atom. The molecular formula is C16H20N2O2S. The number of ketones is 1. The molecule has 1 heterocycles. The standard InChI is InChI=1S/C16H20N2O2S/c1-5-8-18(12(3)20)13-6-7-15-14(10-13)17(4)16(21-15)9-11(2)19/h6-7,9-10H,5,8H2,1-4H3/b16-9-. The van der Waals surface area contributed by atoms with E-state index in [1.54, 1.807) is 36.6 Å². The lowest BCUT2D eigenvalue weighted by Crippen LogP contribution is -2.29. The molecule has 0 aromatic heterocycles. The first-order chi connectivity index (χ1) is 9.93. The second kappa shape index (κ2) is 6.35. The number of amides is 1. The monoisotopic (exact) mass is 304 g/mol. The van der Waals surface area contributed by atoms with Crippen LogP contribution in [0.3, 0.4) is 0 Å². The molecule has 0 fully saturated rings. The van der Waals surface area contributed by atoms with Crippen molar-refractivity contribution in [3.05, 3.63) is 29.3 Å². The van der Waals surface area contributed by atoms with Gasteiger partial charge in [-0.3, -0.25) is 9.59 Å². The van der Waals surface area contributed by atoms with Crippen molar-refractivity contribution >= 4 is 34.8 Å². The summed E-state index contributed by atoms with van der Waals surface area (Å²) in [5, 5.41) is 0.916. The van der Waals surface area contributed by atoms with E-state index in [-0.39, 0.29) is 11.7 Å². The molecule has 21 heavy (non-hydrogen) atoms. The third kappa shape index (κ3) is 3.29. The van der Waals surface area contributed by atoms with Crippen LogP contribution in [0.5, 0.6) is 0 Å². The molecule has 1 aromatic carbocycles. The number of benzene rings is 1. The summed E-state index contributed by atoms with van der Waals surface area (Å²) in [4.78, 5) is 27.9. The van der Waals surface area contributed by atoms with Gasteiger partial charge in [-0.1, -0.05) is 18.7 Å². The quantitative estimate of drug-likeness (QED) is 0.799. The maximum atomic E-state index is 11.8. The van der Waals surface area contributed by atoms with Crippen LogP contribution in [0.15, 0.2) is 34.2 Å². The molecular weight excluding hydrogens is 284 g/mol. The summed E-state index contributed by atoms with van der Waals surface area (Å²) in [7, 11) is 1.94. The first-order valence-electron chi connectivity index (χ1n) is 7.00. The molecule has 5 heteroatoms. The fraction of sp³-hybridized carbons (Fsp3) is 0.375. The Bertz CT molecular complexity index is 610. The Labute approximate surface area is 129 Å². The van der Waals surface area contributed by atoms with Crippen LogP contribution >= 0.6 is 11.8 Å². The SMILES string of the molecule is CCCN(C(C)=O)c1ccc2c(c1)N(C)/C(=C/C(C)=O)S2. The minimum atomic E-state index is 0.0359. The van der Waals surface area contributed by atoms with Gasteiger partial charge in [0.15, 0.2) is 5.78 Å². The molecule has 1 amide bonds. The Morgan fingerprint density at radius 3 is 2.62 bits per heavy atom. The maximum Gasteiger partial charge on any atom is 0.223 e. The van der Waals surface area contributed by atoms with Crippen molar-refractivity contribution in [2.45, 2.75) is 32.1 Å². The van der Waals surface area contributed by atoms with Crippen LogP contribution in [-0.2, 0) is 9.59 Å². The fourth-order valence-corrected chi connectivity index (χ4v) is 3.44. The van der Waals surface area contributed by atoms with Gasteiger partial charge in [-0.25, -0.2) is 0 Å². The number of thioether (sulfide) groups is 1. The van der Waals surface area contributed by atoms with Crippen molar-refractivity contribution in [3.8, 4) is 0 Å². The molecule has 0 spiro atoms. The number of allylic oxidation sites excluding steroid dienone is 1. The van der Waals surface area contributed by atoms with E-state index in [4.69, 9.17) is 0 Å². The van der Waals surface area contributed by atoms with E-state index in [0.717, 1.165) is 27.7 Å². The topological polar surface area (TPSA) is 40.6 Å². The van der Waals surface area contributed by atoms with Gasteiger partial charge >= 0.3 is 0 Å². The van der Waals surface area contributed by atoms with E-state index in [1.165, 1.54) is 0 Å². The number of hydrogen-bond donors (Lipinski definition) is 0. The summed E-state index contributed by atoms with van der Waals surface area (Å²) < 4.78 is 0. The molecule has 2 rings (SSSR count).